The molecular formula is C12H25NOS. The lowest BCUT2D eigenvalue weighted by atomic mass is 9.83. The fraction of sp³-hybridized carbons (Fsp3) is 1.00. The first-order valence-corrected chi connectivity index (χ1v) is 7.65. The molecule has 4 unspecified atom stereocenters. The SMILES string of the molecule is CCCC1CCC(NC)C(S(=O)CC)C1. The number of nitrogens with one attached hydrogen (secondary N) is 1. The van der Waals surface area contributed by atoms with E-state index in [1.54, 1.807) is 0 Å². The summed E-state index contributed by atoms with van der Waals surface area (Å²) in [5.74, 6) is 1.63. The van der Waals surface area contributed by atoms with E-state index in [9.17, 15) is 4.21 Å². The van der Waals surface area contributed by atoms with E-state index in [4.69, 9.17) is 0 Å². The minimum absolute atomic E-state index is 0.394. The summed E-state index contributed by atoms with van der Waals surface area (Å²) in [6.45, 7) is 4.28. The van der Waals surface area contributed by atoms with E-state index in [2.05, 4.69) is 12.2 Å². The average Bonchev–Trinajstić information content (AvgIpc) is 2.28. The topological polar surface area (TPSA) is 29.1 Å². The minimum Gasteiger partial charge on any atom is -0.316 e. The Morgan fingerprint density at radius 2 is 2.07 bits per heavy atom. The first-order valence-electron chi connectivity index (χ1n) is 6.27. The van der Waals surface area contributed by atoms with Gasteiger partial charge >= 0.3 is 0 Å². The Bertz CT molecular complexity index is 208. The molecule has 0 spiro atoms. The van der Waals surface area contributed by atoms with Crippen LogP contribution in [-0.4, -0.2) is 28.3 Å². The van der Waals surface area contributed by atoms with Crippen LogP contribution in [0.4, 0.5) is 0 Å². The molecular weight excluding hydrogens is 206 g/mol. The average molecular weight is 231 g/mol. The van der Waals surface area contributed by atoms with E-state index in [0.29, 0.717) is 11.3 Å². The molecule has 3 heteroatoms. The molecule has 0 aromatic heterocycles. The standard InChI is InChI=1S/C12H25NOS/c1-4-6-10-7-8-11(13-3)12(9-10)15(14)5-2/h10-13H,4-9H2,1-3H3. The van der Waals surface area contributed by atoms with Crippen molar-refractivity contribution in [2.24, 2.45) is 5.92 Å². The maximum atomic E-state index is 12.0. The van der Waals surface area contributed by atoms with Crippen molar-refractivity contribution in [3.05, 3.63) is 0 Å². The molecule has 1 aliphatic rings. The smallest absolute Gasteiger partial charge is 0.0503 e. The second-order valence-corrected chi connectivity index (χ2v) is 6.52. The lowest BCUT2D eigenvalue weighted by Gasteiger charge is -2.35. The van der Waals surface area contributed by atoms with Gasteiger partial charge in [0.05, 0.1) is 5.25 Å². The third-order valence-electron chi connectivity index (χ3n) is 3.59. The van der Waals surface area contributed by atoms with Crippen LogP contribution in [-0.2, 0) is 10.8 Å². The summed E-state index contributed by atoms with van der Waals surface area (Å²) in [5, 5.41) is 3.73. The molecule has 1 rings (SSSR count). The molecule has 15 heavy (non-hydrogen) atoms. The number of rotatable bonds is 5. The highest BCUT2D eigenvalue weighted by Gasteiger charge is 2.32. The van der Waals surface area contributed by atoms with Crippen molar-refractivity contribution in [3.8, 4) is 0 Å². The molecule has 2 nitrogen and oxygen atoms in total. The van der Waals surface area contributed by atoms with Crippen LogP contribution in [0.15, 0.2) is 0 Å². The summed E-state index contributed by atoms with van der Waals surface area (Å²) in [4.78, 5) is 0. The van der Waals surface area contributed by atoms with Gasteiger partial charge in [-0.25, -0.2) is 0 Å². The van der Waals surface area contributed by atoms with Crippen molar-refractivity contribution in [1.29, 1.82) is 0 Å². The Kier molecular flexibility index (Phi) is 5.83. The van der Waals surface area contributed by atoms with Crippen LogP contribution in [0.5, 0.6) is 0 Å². The van der Waals surface area contributed by atoms with Gasteiger partial charge in [0.15, 0.2) is 0 Å². The second kappa shape index (κ2) is 6.64. The second-order valence-electron chi connectivity index (χ2n) is 4.57. The number of hydrogen-bond acceptors (Lipinski definition) is 2. The Labute approximate surface area is 96.7 Å². The highest BCUT2D eigenvalue weighted by molar-refractivity contribution is 7.85. The van der Waals surface area contributed by atoms with Crippen LogP contribution in [0, 0.1) is 5.92 Å². The summed E-state index contributed by atoms with van der Waals surface area (Å²) in [5.41, 5.74) is 0. The molecule has 4 atom stereocenters. The normalized spacial score (nSPS) is 33.9. The molecule has 0 aliphatic heterocycles. The molecule has 90 valence electrons. The molecule has 0 saturated heterocycles. The summed E-state index contributed by atoms with van der Waals surface area (Å²) >= 11 is 0. The monoisotopic (exact) mass is 231 g/mol. The van der Waals surface area contributed by atoms with Crippen molar-refractivity contribution in [2.75, 3.05) is 12.8 Å². The predicted octanol–water partition coefficient (Wildman–Crippen LogP) is 2.31. The van der Waals surface area contributed by atoms with E-state index >= 15 is 0 Å². The summed E-state index contributed by atoms with van der Waals surface area (Å²) in [6.07, 6.45) is 6.27. The van der Waals surface area contributed by atoms with Gasteiger partial charge in [0, 0.05) is 22.6 Å². The molecule has 1 saturated carbocycles. The van der Waals surface area contributed by atoms with Crippen LogP contribution >= 0.6 is 0 Å². The lowest BCUT2D eigenvalue weighted by Crippen LogP contribution is -2.45. The maximum absolute atomic E-state index is 12.0. The van der Waals surface area contributed by atoms with E-state index in [-0.39, 0.29) is 0 Å². The van der Waals surface area contributed by atoms with Crippen LogP contribution in [0.25, 0.3) is 0 Å². The van der Waals surface area contributed by atoms with Crippen LogP contribution < -0.4 is 5.32 Å². The molecule has 0 heterocycles. The van der Waals surface area contributed by atoms with Gasteiger partial charge in [-0.3, -0.25) is 4.21 Å². The van der Waals surface area contributed by atoms with E-state index in [0.717, 1.165) is 11.7 Å². The molecule has 0 aromatic carbocycles. The van der Waals surface area contributed by atoms with Crippen molar-refractivity contribution in [1.82, 2.24) is 5.32 Å². The first kappa shape index (κ1) is 13.2. The van der Waals surface area contributed by atoms with E-state index < -0.39 is 10.8 Å². The lowest BCUT2D eigenvalue weighted by molar-refractivity contribution is 0.292. The molecule has 1 aliphatic carbocycles. The molecule has 0 aromatic rings. The third-order valence-corrected chi connectivity index (χ3v) is 5.36. The van der Waals surface area contributed by atoms with Gasteiger partial charge in [0.1, 0.15) is 0 Å². The van der Waals surface area contributed by atoms with Gasteiger partial charge in [-0.1, -0.05) is 26.7 Å². The predicted molar refractivity (Wildman–Crippen MR) is 67.6 cm³/mol. The largest absolute Gasteiger partial charge is 0.316 e. The third kappa shape index (κ3) is 3.56. The van der Waals surface area contributed by atoms with Crippen molar-refractivity contribution >= 4 is 10.8 Å². The van der Waals surface area contributed by atoms with Gasteiger partial charge in [-0.15, -0.1) is 0 Å². The van der Waals surface area contributed by atoms with Crippen molar-refractivity contribution in [2.45, 2.75) is 57.2 Å². The van der Waals surface area contributed by atoms with Crippen molar-refractivity contribution < 1.29 is 4.21 Å². The zero-order valence-electron chi connectivity index (χ0n) is 10.3. The highest BCUT2D eigenvalue weighted by Crippen LogP contribution is 2.30. The van der Waals surface area contributed by atoms with Gasteiger partial charge in [-0.05, 0) is 32.2 Å². The molecule has 0 bridgehead atoms. The number of hydrogen-bond donors (Lipinski definition) is 1. The van der Waals surface area contributed by atoms with Gasteiger partial charge in [0.25, 0.3) is 0 Å². The Morgan fingerprint density at radius 1 is 1.33 bits per heavy atom. The first-order chi connectivity index (χ1) is 7.22. The minimum atomic E-state index is -0.630. The van der Waals surface area contributed by atoms with Crippen LogP contribution in [0.1, 0.15) is 46.0 Å². The highest BCUT2D eigenvalue weighted by atomic mass is 32.2. The summed E-state index contributed by atoms with van der Waals surface area (Å²) in [6, 6.07) is 0.485. The fourth-order valence-electron chi connectivity index (χ4n) is 2.72. The van der Waals surface area contributed by atoms with E-state index in [1.807, 2.05) is 14.0 Å². The van der Waals surface area contributed by atoms with Gasteiger partial charge < -0.3 is 5.32 Å². The van der Waals surface area contributed by atoms with Crippen LogP contribution in [0.2, 0.25) is 0 Å². The van der Waals surface area contributed by atoms with Gasteiger partial charge in [0.2, 0.25) is 0 Å². The van der Waals surface area contributed by atoms with Crippen molar-refractivity contribution in [3.63, 3.8) is 0 Å². The maximum Gasteiger partial charge on any atom is 0.0503 e. The molecule has 0 radical (unpaired) electrons. The zero-order valence-corrected chi connectivity index (χ0v) is 11.1. The Hall–Kier alpha value is 0.110. The Morgan fingerprint density at radius 3 is 2.60 bits per heavy atom. The molecule has 0 amide bonds. The summed E-state index contributed by atoms with van der Waals surface area (Å²) < 4.78 is 12.0. The molecule has 1 N–H and O–H groups in total. The van der Waals surface area contributed by atoms with E-state index in [1.165, 1.54) is 32.1 Å². The van der Waals surface area contributed by atoms with Gasteiger partial charge in [-0.2, -0.15) is 0 Å². The quantitative estimate of drug-likeness (QED) is 0.787. The fourth-order valence-corrected chi connectivity index (χ4v) is 4.27. The Balaban J connectivity index is 2.56. The zero-order chi connectivity index (χ0) is 11.3. The summed E-state index contributed by atoms with van der Waals surface area (Å²) in [7, 11) is 1.37. The molecule has 1 fully saturated rings. The van der Waals surface area contributed by atoms with Crippen LogP contribution in [0.3, 0.4) is 0 Å².